The molecule has 0 saturated carbocycles. The van der Waals surface area contributed by atoms with E-state index in [1.165, 1.54) is 18.9 Å². The average molecular weight is 388 g/mol. The number of hydrogen-bond acceptors (Lipinski definition) is 5. The van der Waals surface area contributed by atoms with Gasteiger partial charge in [-0.25, -0.2) is 0 Å². The van der Waals surface area contributed by atoms with Crippen molar-refractivity contribution in [2.45, 2.75) is 13.3 Å². The van der Waals surface area contributed by atoms with Gasteiger partial charge in [0.25, 0.3) is 5.91 Å². The molecule has 0 unspecified atom stereocenters. The zero-order chi connectivity index (χ0) is 15.6. The van der Waals surface area contributed by atoms with Crippen LogP contribution in [0.2, 0.25) is 0 Å². The van der Waals surface area contributed by atoms with Crippen molar-refractivity contribution < 1.29 is 14.6 Å². The second kappa shape index (κ2) is 6.81. The molecule has 0 bridgehead atoms. The number of benzene rings is 1. The summed E-state index contributed by atoms with van der Waals surface area (Å²) in [6, 6.07) is 3.40. The highest BCUT2D eigenvalue weighted by Gasteiger charge is 2.31. The molecule has 1 aliphatic heterocycles. The molecule has 1 N–H and O–H groups in total. The first-order valence-corrected chi connectivity index (χ1v) is 8.31. The molecule has 1 aromatic rings. The third-order valence-corrected chi connectivity index (χ3v) is 4.87. The van der Waals surface area contributed by atoms with Gasteiger partial charge in [0, 0.05) is 6.54 Å². The van der Waals surface area contributed by atoms with E-state index in [9.17, 15) is 9.90 Å². The summed E-state index contributed by atoms with van der Waals surface area (Å²) in [5.74, 6) is 0.308. The molecule has 0 aromatic heterocycles. The number of phenols is 1. The summed E-state index contributed by atoms with van der Waals surface area (Å²) >= 11 is 9.78. The molecule has 0 radical (unpaired) electrons. The van der Waals surface area contributed by atoms with Gasteiger partial charge in [-0.15, -0.1) is 0 Å². The number of methoxy groups -OCH3 is 1. The summed E-state index contributed by atoms with van der Waals surface area (Å²) in [4.78, 5) is 14.5. The van der Waals surface area contributed by atoms with E-state index in [-0.39, 0.29) is 11.7 Å². The Morgan fingerprint density at radius 1 is 1.52 bits per heavy atom. The minimum absolute atomic E-state index is 0.0354. The minimum atomic E-state index is -0.0741. The fourth-order valence-corrected chi connectivity index (χ4v) is 3.67. The molecule has 4 nitrogen and oxygen atoms in total. The van der Waals surface area contributed by atoms with Gasteiger partial charge in [-0.05, 0) is 46.1 Å². The van der Waals surface area contributed by atoms with Crippen molar-refractivity contribution in [2.24, 2.45) is 0 Å². The fourth-order valence-electron chi connectivity index (χ4n) is 1.90. The molecule has 1 aromatic carbocycles. The number of aromatic hydroxyl groups is 1. The van der Waals surface area contributed by atoms with Crippen molar-refractivity contribution in [2.75, 3.05) is 13.7 Å². The summed E-state index contributed by atoms with van der Waals surface area (Å²) in [6.45, 7) is 2.63. The number of phenolic OH excluding ortho intramolecular Hbond substituents is 1. The smallest absolute Gasteiger partial charge is 0.266 e. The molecule has 0 atom stereocenters. The first-order chi connectivity index (χ1) is 9.97. The van der Waals surface area contributed by atoms with Crippen molar-refractivity contribution in [1.29, 1.82) is 0 Å². The maximum Gasteiger partial charge on any atom is 0.266 e. The van der Waals surface area contributed by atoms with E-state index >= 15 is 0 Å². The number of thiocarbonyl (C=S) groups is 1. The van der Waals surface area contributed by atoms with E-state index < -0.39 is 0 Å². The lowest BCUT2D eigenvalue weighted by molar-refractivity contribution is -0.122. The van der Waals surface area contributed by atoms with Crippen LogP contribution in [0.3, 0.4) is 0 Å². The Kier molecular flexibility index (Phi) is 5.29. The third-order valence-electron chi connectivity index (χ3n) is 2.89. The highest BCUT2D eigenvalue weighted by atomic mass is 79.9. The molecule has 21 heavy (non-hydrogen) atoms. The quantitative estimate of drug-likeness (QED) is 0.629. The van der Waals surface area contributed by atoms with Gasteiger partial charge >= 0.3 is 0 Å². The summed E-state index contributed by atoms with van der Waals surface area (Å²) in [7, 11) is 1.48. The van der Waals surface area contributed by atoms with Gasteiger partial charge in [-0.1, -0.05) is 30.9 Å². The Hall–Kier alpha value is -1.05. The van der Waals surface area contributed by atoms with Gasteiger partial charge in [0.15, 0.2) is 11.5 Å². The second-order valence-corrected chi connectivity index (χ2v) is 6.92. The van der Waals surface area contributed by atoms with Crippen LogP contribution in [0.25, 0.3) is 6.08 Å². The van der Waals surface area contributed by atoms with Crippen molar-refractivity contribution in [3.8, 4) is 11.5 Å². The molecular formula is C14H14BrNO3S2. The average Bonchev–Trinajstić information content (AvgIpc) is 2.70. The monoisotopic (exact) mass is 387 g/mol. The van der Waals surface area contributed by atoms with E-state index in [1.54, 1.807) is 23.1 Å². The van der Waals surface area contributed by atoms with E-state index in [0.717, 1.165) is 12.0 Å². The molecule has 1 heterocycles. The van der Waals surface area contributed by atoms with Gasteiger partial charge in [-0.3, -0.25) is 9.69 Å². The van der Waals surface area contributed by atoms with Crippen LogP contribution in [0, 0.1) is 0 Å². The Morgan fingerprint density at radius 2 is 2.24 bits per heavy atom. The molecule has 1 aliphatic rings. The molecule has 112 valence electrons. The maximum absolute atomic E-state index is 12.3. The number of nitrogens with zero attached hydrogens (tertiary/aromatic N) is 1. The Balaban J connectivity index is 2.35. The standard InChI is InChI=1S/C14H14BrNO3S2/c1-3-4-16-13(18)11(21-14(16)20)7-8-5-9(15)12(17)10(6-8)19-2/h5-7,17H,3-4H2,1-2H3/b11-7-. The molecule has 2 rings (SSSR count). The number of rotatable bonds is 4. The number of carbonyl (C=O) groups excluding carboxylic acids is 1. The van der Waals surface area contributed by atoms with Gasteiger partial charge < -0.3 is 9.84 Å². The van der Waals surface area contributed by atoms with Crippen LogP contribution in [0.15, 0.2) is 21.5 Å². The van der Waals surface area contributed by atoms with Crippen LogP contribution in [0.1, 0.15) is 18.9 Å². The van der Waals surface area contributed by atoms with E-state index in [2.05, 4.69) is 15.9 Å². The first kappa shape index (κ1) is 16.3. The van der Waals surface area contributed by atoms with E-state index in [0.29, 0.717) is 26.0 Å². The predicted molar refractivity (Wildman–Crippen MR) is 92.5 cm³/mol. The number of halogens is 1. The number of amides is 1. The highest BCUT2D eigenvalue weighted by Crippen LogP contribution is 2.38. The fraction of sp³-hybridized carbons (Fsp3) is 0.286. The van der Waals surface area contributed by atoms with Crippen LogP contribution in [-0.4, -0.2) is 33.9 Å². The van der Waals surface area contributed by atoms with Crippen LogP contribution in [-0.2, 0) is 4.79 Å². The second-order valence-electron chi connectivity index (χ2n) is 4.39. The Labute approximate surface area is 141 Å². The molecule has 0 spiro atoms. The summed E-state index contributed by atoms with van der Waals surface area (Å²) < 4.78 is 6.19. The maximum atomic E-state index is 12.3. The van der Waals surface area contributed by atoms with Gasteiger partial charge in [0.2, 0.25) is 0 Å². The molecule has 1 saturated heterocycles. The Morgan fingerprint density at radius 3 is 2.86 bits per heavy atom. The van der Waals surface area contributed by atoms with Crippen LogP contribution in [0.4, 0.5) is 0 Å². The lowest BCUT2D eigenvalue weighted by Gasteiger charge is -2.12. The molecule has 0 aliphatic carbocycles. The zero-order valence-corrected chi connectivity index (χ0v) is 14.8. The topological polar surface area (TPSA) is 49.8 Å². The normalized spacial score (nSPS) is 16.9. The summed E-state index contributed by atoms with van der Waals surface area (Å²) in [5.41, 5.74) is 0.758. The van der Waals surface area contributed by atoms with Crippen LogP contribution >= 0.6 is 39.9 Å². The first-order valence-electron chi connectivity index (χ1n) is 6.29. The van der Waals surface area contributed by atoms with Gasteiger partial charge in [0.05, 0.1) is 16.5 Å². The SMILES string of the molecule is CCCN1C(=O)/C(=C/c2cc(Br)c(O)c(OC)c2)SC1=S. The number of ether oxygens (including phenoxy) is 1. The van der Waals surface area contributed by atoms with Crippen molar-refractivity contribution in [3.63, 3.8) is 0 Å². The minimum Gasteiger partial charge on any atom is -0.503 e. The number of carbonyl (C=O) groups is 1. The Bertz CT molecular complexity index is 631. The molecule has 1 amide bonds. The summed E-state index contributed by atoms with van der Waals surface area (Å²) in [5, 5.41) is 9.80. The largest absolute Gasteiger partial charge is 0.503 e. The number of hydrogen-bond donors (Lipinski definition) is 1. The van der Waals surface area contributed by atoms with E-state index in [1.807, 2.05) is 6.92 Å². The van der Waals surface area contributed by atoms with E-state index in [4.69, 9.17) is 17.0 Å². The van der Waals surface area contributed by atoms with Crippen LogP contribution in [0.5, 0.6) is 11.5 Å². The molecular weight excluding hydrogens is 374 g/mol. The third kappa shape index (κ3) is 3.41. The summed E-state index contributed by atoms with van der Waals surface area (Å²) in [6.07, 6.45) is 2.61. The van der Waals surface area contributed by atoms with Crippen molar-refractivity contribution in [1.82, 2.24) is 4.90 Å². The number of thioether (sulfide) groups is 1. The lowest BCUT2D eigenvalue weighted by Crippen LogP contribution is -2.28. The zero-order valence-electron chi connectivity index (χ0n) is 11.6. The molecule has 7 heteroatoms. The van der Waals surface area contributed by atoms with Crippen LogP contribution < -0.4 is 4.74 Å². The predicted octanol–water partition coefficient (Wildman–Crippen LogP) is 3.77. The van der Waals surface area contributed by atoms with Crippen molar-refractivity contribution in [3.05, 3.63) is 27.1 Å². The van der Waals surface area contributed by atoms with Gasteiger partial charge in [0.1, 0.15) is 4.32 Å². The molecule has 1 fully saturated rings. The van der Waals surface area contributed by atoms with Crippen molar-refractivity contribution >= 4 is 56.2 Å². The van der Waals surface area contributed by atoms with Gasteiger partial charge in [-0.2, -0.15) is 0 Å². The highest BCUT2D eigenvalue weighted by molar-refractivity contribution is 9.10. The lowest BCUT2D eigenvalue weighted by atomic mass is 10.2.